The van der Waals surface area contributed by atoms with E-state index in [4.69, 9.17) is 17.3 Å². The second kappa shape index (κ2) is 3.32. The molecule has 0 aromatic heterocycles. The number of hydrogen-bond acceptors (Lipinski definition) is 1. The molecule has 2 rings (SSSR count). The van der Waals surface area contributed by atoms with Crippen molar-refractivity contribution in [2.45, 2.75) is 25.8 Å². The van der Waals surface area contributed by atoms with Crippen molar-refractivity contribution in [1.82, 2.24) is 0 Å². The predicted octanol–water partition coefficient (Wildman–Crippen LogP) is 3.06. The Kier molecular flexibility index (Phi) is 2.31. The zero-order valence-electron chi connectivity index (χ0n) is 7.76. The van der Waals surface area contributed by atoms with Gasteiger partial charge in [-0.15, -0.1) is 0 Å². The fourth-order valence-electron chi connectivity index (χ4n) is 1.64. The van der Waals surface area contributed by atoms with Crippen LogP contribution in [0.4, 0.5) is 0 Å². The molecule has 2 heteroatoms. The number of nitrogens with two attached hydrogens (primary N) is 1. The summed E-state index contributed by atoms with van der Waals surface area (Å²) in [5.41, 5.74) is 8.32. The molecule has 0 radical (unpaired) electrons. The van der Waals surface area contributed by atoms with Gasteiger partial charge < -0.3 is 5.73 Å². The number of aryl methyl sites for hydroxylation is 1. The van der Waals surface area contributed by atoms with Crippen LogP contribution in [-0.4, -0.2) is 0 Å². The molecule has 1 aromatic rings. The van der Waals surface area contributed by atoms with E-state index in [9.17, 15) is 0 Å². The minimum absolute atomic E-state index is 0.146. The maximum absolute atomic E-state index is 6.18. The third-order valence-corrected chi connectivity index (χ3v) is 3.23. The van der Waals surface area contributed by atoms with E-state index in [-0.39, 0.29) is 6.04 Å². The molecule has 1 unspecified atom stereocenters. The van der Waals surface area contributed by atoms with Crippen LogP contribution < -0.4 is 5.73 Å². The molecule has 0 heterocycles. The van der Waals surface area contributed by atoms with Crippen molar-refractivity contribution in [3.05, 3.63) is 34.3 Å². The molecule has 0 amide bonds. The summed E-state index contributed by atoms with van der Waals surface area (Å²) in [6.07, 6.45) is 2.51. The molecule has 13 heavy (non-hydrogen) atoms. The summed E-state index contributed by atoms with van der Waals surface area (Å²) in [6, 6.07) is 6.23. The number of rotatable bonds is 2. The van der Waals surface area contributed by atoms with Crippen LogP contribution in [0.25, 0.3) is 0 Å². The molecule has 0 saturated heterocycles. The first-order valence-corrected chi connectivity index (χ1v) is 5.08. The Balaban J connectivity index is 2.32. The summed E-state index contributed by atoms with van der Waals surface area (Å²) in [5, 5.41) is 0.849. The smallest absolute Gasteiger partial charge is 0.0483 e. The first-order valence-electron chi connectivity index (χ1n) is 4.70. The van der Waals surface area contributed by atoms with Gasteiger partial charge in [-0.3, -0.25) is 0 Å². The Bertz CT molecular complexity index is 318. The maximum Gasteiger partial charge on any atom is 0.0483 e. The molecule has 0 spiro atoms. The Hall–Kier alpha value is -0.530. The zero-order chi connectivity index (χ0) is 9.42. The van der Waals surface area contributed by atoms with Crippen molar-refractivity contribution in [3.63, 3.8) is 0 Å². The van der Waals surface area contributed by atoms with Crippen LogP contribution in [0.3, 0.4) is 0 Å². The lowest BCUT2D eigenvalue weighted by Crippen LogP contribution is -2.13. The molecule has 1 aliphatic rings. The molecule has 1 aromatic carbocycles. The van der Waals surface area contributed by atoms with Crippen LogP contribution in [0.2, 0.25) is 5.02 Å². The standard InChI is InChI=1S/C11H14ClN/c1-7-3-2-4-9(10(7)12)11(13)8-5-6-8/h2-4,8,11H,5-6,13H2,1H3. The first kappa shape index (κ1) is 9.04. The van der Waals surface area contributed by atoms with E-state index in [0.29, 0.717) is 5.92 Å². The highest BCUT2D eigenvalue weighted by molar-refractivity contribution is 6.32. The van der Waals surface area contributed by atoms with Gasteiger partial charge in [0.2, 0.25) is 0 Å². The van der Waals surface area contributed by atoms with Crippen molar-refractivity contribution in [3.8, 4) is 0 Å². The van der Waals surface area contributed by atoms with E-state index < -0.39 is 0 Å². The Morgan fingerprint density at radius 3 is 2.77 bits per heavy atom. The lowest BCUT2D eigenvalue weighted by Gasteiger charge is -2.13. The summed E-state index contributed by atoms with van der Waals surface area (Å²) < 4.78 is 0. The van der Waals surface area contributed by atoms with Crippen LogP contribution in [0.5, 0.6) is 0 Å². The summed E-state index contributed by atoms with van der Waals surface area (Å²) in [4.78, 5) is 0. The van der Waals surface area contributed by atoms with E-state index in [1.54, 1.807) is 0 Å². The highest BCUT2D eigenvalue weighted by atomic mass is 35.5. The average molecular weight is 196 g/mol. The summed E-state index contributed by atoms with van der Waals surface area (Å²) in [5.74, 6) is 0.666. The van der Waals surface area contributed by atoms with Gasteiger partial charge in [0.15, 0.2) is 0 Å². The molecular formula is C11H14ClN. The third kappa shape index (κ3) is 1.72. The Labute approximate surface area is 83.9 Å². The molecule has 70 valence electrons. The highest BCUT2D eigenvalue weighted by Crippen LogP contribution is 2.41. The van der Waals surface area contributed by atoms with Crippen molar-refractivity contribution in [1.29, 1.82) is 0 Å². The van der Waals surface area contributed by atoms with Crippen LogP contribution in [0.15, 0.2) is 18.2 Å². The largest absolute Gasteiger partial charge is 0.324 e. The highest BCUT2D eigenvalue weighted by Gasteiger charge is 2.30. The molecule has 1 fully saturated rings. The molecule has 1 aliphatic carbocycles. The molecule has 2 N–H and O–H groups in total. The minimum atomic E-state index is 0.146. The molecule has 0 bridgehead atoms. The summed E-state index contributed by atoms with van der Waals surface area (Å²) in [6.45, 7) is 2.02. The van der Waals surface area contributed by atoms with Gasteiger partial charge in [-0.05, 0) is 36.8 Å². The van der Waals surface area contributed by atoms with Gasteiger partial charge >= 0.3 is 0 Å². The Morgan fingerprint density at radius 1 is 1.46 bits per heavy atom. The molecular weight excluding hydrogens is 182 g/mol. The summed E-state index contributed by atoms with van der Waals surface area (Å²) in [7, 11) is 0. The molecule has 0 aliphatic heterocycles. The third-order valence-electron chi connectivity index (χ3n) is 2.71. The lowest BCUT2D eigenvalue weighted by molar-refractivity contribution is 0.633. The monoisotopic (exact) mass is 195 g/mol. The quantitative estimate of drug-likeness (QED) is 0.772. The van der Waals surface area contributed by atoms with Gasteiger partial charge in [-0.1, -0.05) is 29.8 Å². The van der Waals surface area contributed by atoms with Crippen LogP contribution >= 0.6 is 11.6 Å². The van der Waals surface area contributed by atoms with Gasteiger partial charge in [0.05, 0.1) is 0 Å². The minimum Gasteiger partial charge on any atom is -0.324 e. The maximum atomic E-state index is 6.18. The fourth-order valence-corrected chi connectivity index (χ4v) is 1.89. The number of hydrogen-bond donors (Lipinski definition) is 1. The van der Waals surface area contributed by atoms with E-state index in [0.717, 1.165) is 16.1 Å². The van der Waals surface area contributed by atoms with E-state index in [1.165, 1.54) is 12.8 Å². The van der Waals surface area contributed by atoms with Crippen molar-refractivity contribution >= 4 is 11.6 Å². The van der Waals surface area contributed by atoms with E-state index in [2.05, 4.69) is 0 Å². The van der Waals surface area contributed by atoms with Crippen molar-refractivity contribution in [2.75, 3.05) is 0 Å². The van der Waals surface area contributed by atoms with E-state index >= 15 is 0 Å². The normalized spacial score (nSPS) is 18.7. The molecule has 1 atom stereocenters. The lowest BCUT2D eigenvalue weighted by atomic mass is 10.0. The molecule has 1 saturated carbocycles. The number of benzene rings is 1. The van der Waals surface area contributed by atoms with Crippen LogP contribution in [-0.2, 0) is 0 Å². The second-order valence-electron chi connectivity index (χ2n) is 3.84. The van der Waals surface area contributed by atoms with Crippen LogP contribution in [0.1, 0.15) is 30.0 Å². The van der Waals surface area contributed by atoms with E-state index in [1.807, 2.05) is 25.1 Å². The average Bonchev–Trinajstić information content (AvgIpc) is 2.91. The zero-order valence-corrected chi connectivity index (χ0v) is 8.51. The van der Waals surface area contributed by atoms with Gasteiger partial charge in [0, 0.05) is 11.1 Å². The summed E-state index contributed by atoms with van der Waals surface area (Å²) >= 11 is 6.18. The van der Waals surface area contributed by atoms with Gasteiger partial charge in [-0.25, -0.2) is 0 Å². The van der Waals surface area contributed by atoms with Crippen LogP contribution in [0, 0.1) is 12.8 Å². The van der Waals surface area contributed by atoms with Gasteiger partial charge in [-0.2, -0.15) is 0 Å². The Morgan fingerprint density at radius 2 is 2.15 bits per heavy atom. The topological polar surface area (TPSA) is 26.0 Å². The fraction of sp³-hybridized carbons (Fsp3) is 0.455. The SMILES string of the molecule is Cc1cccc(C(N)C2CC2)c1Cl. The van der Waals surface area contributed by atoms with Gasteiger partial charge in [0.1, 0.15) is 0 Å². The van der Waals surface area contributed by atoms with Gasteiger partial charge in [0.25, 0.3) is 0 Å². The van der Waals surface area contributed by atoms with Crippen molar-refractivity contribution < 1.29 is 0 Å². The number of halogens is 1. The van der Waals surface area contributed by atoms with Crippen molar-refractivity contribution in [2.24, 2.45) is 11.7 Å². The molecule has 1 nitrogen and oxygen atoms in total. The first-order chi connectivity index (χ1) is 6.20. The predicted molar refractivity (Wildman–Crippen MR) is 55.8 cm³/mol. The second-order valence-corrected chi connectivity index (χ2v) is 4.22.